The van der Waals surface area contributed by atoms with Crippen LogP contribution >= 0.6 is 11.6 Å². The van der Waals surface area contributed by atoms with E-state index in [0.717, 1.165) is 6.07 Å². The van der Waals surface area contributed by atoms with Gasteiger partial charge in [-0.25, -0.2) is 4.39 Å². The third-order valence-electron chi connectivity index (χ3n) is 6.15. The second-order valence-corrected chi connectivity index (χ2v) is 9.21. The summed E-state index contributed by atoms with van der Waals surface area (Å²) < 4.78 is 21.2. The van der Waals surface area contributed by atoms with Crippen molar-refractivity contribution in [3.8, 4) is 5.69 Å². The minimum Gasteiger partial charge on any atom is -0.465 e. The molecule has 9 nitrogen and oxygen atoms in total. The van der Waals surface area contributed by atoms with Gasteiger partial charge in [0.05, 0.1) is 36.4 Å². The first-order chi connectivity index (χ1) is 18.2. The topological polar surface area (TPSA) is 110 Å². The number of nitrogens with one attached hydrogen (secondary N) is 2. The number of nitrogens with zero attached hydrogens (tertiary/aromatic N) is 2. The van der Waals surface area contributed by atoms with Gasteiger partial charge in [0.15, 0.2) is 0 Å². The molecule has 38 heavy (non-hydrogen) atoms. The zero-order valence-corrected chi connectivity index (χ0v) is 21.3. The molecule has 2 heterocycles. The number of carbonyl (C=O) groups excluding carboxylic acids is 3. The number of anilines is 2. The number of rotatable bonds is 8. The quantitative estimate of drug-likeness (QED) is 0.424. The van der Waals surface area contributed by atoms with E-state index in [-0.39, 0.29) is 37.5 Å². The van der Waals surface area contributed by atoms with E-state index in [1.807, 2.05) is 0 Å². The van der Waals surface area contributed by atoms with E-state index in [4.69, 9.17) is 16.3 Å². The Balaban J connectivity index is 1.52. The summed E-state index contributed by atoms with van der Waals surface area (Å²) in [4.78, 5) is 52.2. The van der Waals surface area contributed by atoms with E-state index in [9.17, 15) is 23.6 Å². The third-order valence-corrected chi connectivity index (χ3v) is 6.40. The molecule has 0 radical (unpaired) electrons. The highest BCUT2D eigenvalue weighted by molar-refractivity contribution is 6.30. The lowest BCUT2D eigenvalue weighted by Gasteiger charge is -2.18. The standard InChI is InChI=1S/C27H26ClFN4O5/c1-2-38-25(35)16-32-14-20(26(36)30-18-8-6-17(28)7-9-18)21(15-32)27(37)31-23-11-10-19(13-22(23)29)33-12-4-3-5-24(33)34/h3-13,20-21H,2,14-16H2,1H3,(H,30,36)(H,31,37). The van der Waals surface area contributed by atoms with Crippen LogP contribution in [0.5, 0.6) is 0 Å². The van der Waals surface area contributed by atoms with E-state index < -0.39 is 35.4 Å². The average molecular weight is 541 g/mol. The van der Waals surface area contributed by atoms with Crippen molar-refractivity contribution >= 4 is 40.8 Å². The first-order valence-corrected chi connectivity index (χ1v) is 12.4. The van der Waals surface area contributed by atoms with Crippen molar-refractivity contribution in [2.24, 2.45) is 11.8 Å². The molecular formula is C27H26ClFN4O5. The second kappa shape index (κ2) is 12.0. The molecule has 11 heteroatoms. The second-order valence-electron chi connectivity index (χ2n) is 8.77. The molecular weight excluding hydrogens is 515 g/mol. The molecule has 4 rings (SSSR count). The fraction of sp³-hybridized carbons (Fsp3) is 0.259. The van der Waals surface area contributed by atoms with E-state index >= 15 is 0 Å². The molecule has 0 saturated carbocycles. The van der Waals surface area contributed by atoms with Crippen molar-refractivity contribution < 1.29 is 23.5 Å². The van der Waals surface area contributed by atoms with Gasteiger partial charge in [-0.3, -0.25) is 28.6 Å². The van der Waals surface area contributed by atoms with Crippen molar-refractivity contribution in [3.05, 3.63) is 88.1 Å². The Hall–Kier alpha value is -4.02. The molecule has 1 aromatic heterocycles. The van der Waals surface area contributed by atoms with Gasteiger partial charge in [0.2, 0.25) is 11.8 Å². The lowest BCUT2D eigenvalue weighted by Crippen LogP contribution is -2.35. The first kappa shape index (κ1) is 27.0. The van der Waals surface area contributed by atoms with Crippen molar-refractivity contribution in [3.63, 3.8) is 0 Å². The van der Waals surface area contributed by atoms with E-state index in [0.29, 0.717) is 16.4 Å². The fourth-order valence-corrected chi connectivity index (χ4v) is 4.45. The summed E-state index contributed by atoms with van der Waals surface area (Å²) in [6, 6.07) is 15.1. The predicted octanol–water partition coefficient (Wildman–Crippen LogP) is 3.32. The number of likely N-dealkylation sites (tertiary alicyclic amines) is 1. The zero-order chi connectivity index (χ0) is 27.2. The van der Waals surface area contributed by atoms with Crippen LogP contribution in [0.4, 0.5) is 15.8 Å². The van der Waals surface area contributed by atoms with Gasteiger partial charge in [-0.15, -0.1) is 0 Å². The Kier molecular flexibility index (Phi) is 8.55. The lowest BCUT2D eigenvalue weighted by atomic mass is 9.94. The number of amides is 2. The predicted molar refractivity (Wildman–Crippen MR) is 141 cm³/mol. The highest BCUT2D eigenvalue weighted by Gasteiger charge is 2.42. The summed E-state index contributed by atoms with van der Waals surface area (Å²) in [5.41, 5.74) is 0.377. The average Bonchev–Trinajstić information content (AvgIpc) is 3.31. The van der Waals surface area contributed by atoms with Gasteiger partial charge in [0.1, 0.15) is 5.82 Å². The van der Waals surface area contributed by atoms with Gasteiger partial charge in [-0.1, -0.05) is 17.7 Å². The Morgan fingerprint density at radius 2 is 1.68 bits per heavy atom. The normalized spacial score (nSPS) is 17.1. The Morgan fingerprint density at radius 3 is 2.32 bits per heavy atom. The number of carbonyl (C=O) groups is 3. The third kappa shape index (κ3) is 6.45. The monoisotopic (exact) mass is 540 g/mol. The van der Waals surface area contributed by atoms with Crippen LogP contribution in [-0.2, 0) is 19.1 Å². The number of ether oxygens (including phenoxy) is 1. The summed E-state index contributed by atoms with van der Waals surface area (Å²) in [5, 5.41) is 5.84. The van der Waals surface area contributed by atoms with Crippen LogP contribution < -0.4 is 16.2 Å². The first-order valence-electron chi connectivity index (χ1n) is 12.0. The van der Waals surface area contributed by atoms with Gasteiger partial charge >= 0.3 is 5.97 Å². The molecule has 0 spiro atoms. The summed E-state index contributed by atoms with van der Waals surface area (Å²) >= 11 is 5.91. The molecule has 198 valence electrons. The van der Waals surface area contributed by atoms with E-state index in [1.165, 1.54) is 29.0 Å². The molecule has 2 atom stereocenters. The maximum Gasteiger partial charge on any atom is 0.320 e. The molecule has 3 aromatic rings. The molecule has 2 N–H and O–H groups in total. The van der Waals surface area contributed by atoms with Crippen molar-refractivity contribution in [1.82, 2.24) is 9.47 Å². The Labute approximate surface area is 223 Å². The van der Waals surface area contributed by atoms with Crippen LogP contribution in [0.3, 0.4) is 0 Å². The molecule has 0 aliphatic carbocycles. The maximum absolute atomic E-state index is 14.9. The molecule has 2 aromatic carbocycles. The van der Waals surface area contributed by atoms with Crippen molar-refractivity contribution in [1.29, 1.82) is 0 Å². The van der Waals surface area contributed by atoms with Gasteiger partial charge in [0.25, 0.3) is 5.56 Å². The number of esters is 1. The number of hydrogen-bond donors (Lipinski definition) is 2. The largest absolute Gasteiger partial charge is 0.465 e. The smallest absolute Gasteiger partial charge is 0.320 e. The molecule has 1 aliphatic heterocycles. The van der Waals surface area contributed by atoms with Gasteiger partial charge < -0.3 is 15.4 Å². The van der Waals surface area contributed by atoms with Crippen LogP contribution in [0.25, 0.3) is 5.69 Å². The molecule has 0 bridgehead atoms. The summed E-state index contributed by atoms with van der Waals surface area (Å²) in [5.74, 6) is -3.88. The summed E-state index contributed by atoms with van der Waals surface area (Å²) in [6.45, 7) is 2.05. The number of benzene rings is 2. The minimum absolute atomic E-state index is 0.0861. The highest BCUT2D eigenvalue weighted by Crippen LogP contribution is 2.28. The lowest BCUT2D eigenvalue weighted by molar-refractivity contribution is -0.144. The van der Waals surface area contributed by atoms with Crippen LogP contribution in [0.1, 0.15) is 6.92 Å². The van der Waals surface area contributed by atoms with Crippen molar-refractivity contribution in [2.75, 3.05) is 36.9 Å². The number of aromatic nitrogens is 1. The number of hydrogen-bond acceptors (Lipinski definition) is 6. The van der Waals surface area contributed by atoms with Gasteiger partial charge in [-0.05, 0) is 49.4 Å². The van der Waals surface area contributed by atoms with Crippen LogP contribution in [0, 0.1) is 17.7 Å². The molecule has 1 saturated heterocycles. The van der Waals surface area contributed by atoms with Crippen LogP contribution in [0.2, 0.25) is 5.02 Å². The zero-order valence-electron chi connectivity index (χ0n) is 20.5. The van der Waals surface area contributed by atoms with Crippen LogP contribution in [-0.4, -0.2) is 53.5 Å². The molecule has 1 fully saturated rings. The number of pyridine rings is 1. The summed E-state index contributed by atoms with van der Waals surface area (Å²) in [6.07, 6.45) is 1.51. The van der Waals surface area contributed by atoms with E-state index in [2.05, 4.69) is 10.6 Å². The van der Waals surface area contributed by atoms with Crippen LogP contribution in [0.15, 0.2) is 71.7 Å². The van der Waals surface area contributed by atoms with Crippen molar-refractivity contribution in [2.45, 2.75) is 6.92 Å². The number of halogens is 2. The highest BCUT2D eigenvalue weighted by atomic mass is 35.5. The Bertz CT molecular complexity index is 1390. The molecule has 1 aliphatic rings. The molecule has 2 unspecified atom stereocenters. The van der Waals surface area contributed by atoms with Gasteiger partial charge in [0, 0.05) is 42.1 Å². The maximum atomic E-state index is 14.9. The van der Waals surface area contributed by atoms with Gasteiger partial charge in [-0.2, -0.15) is 0 Å². The molecule has 2 amide bonds. The Morgan fingerprint density at radius 1 is 1.00 bits per heavy atom. The minimum atomic E-state index is -0.868. The fourth-order valence-electron chi connectivity index (χ4n) is 4.32. The SMILES string of the molecule is CCOC(=O)CN1CC(C(=O)Nc2ccc(Cl)cc2)C(C(=O)Nc2ccc(-n3ccccc3=O)cc2F)C1. The summed E-state index contributed by atoms with van der Waals surface area (Å²) in [7, 11) is 0. The van der Waals surface area contributed by atoms with E-state index in [1.54, 1.807) is 48.2 Å².